The SMILES string of the molecule is COc1ccc(-c2cc(C(=O)N3CCC[C@@H]3c3c(C)noc3C)no2)cc1. The second-order valence-corrected chi connectivity index (χ2v) is 6.70. The molecule has 4 rings (SSSR count). The lowest BCUT2D eigenvalue weighted by Gasteiger charge is -2.23. The van der Waals surface area contributed by atoms with E-state index in [9.17, 15) is 4.79 Å². The summed E-state index contributed by atoms with van der Waals surface area (Å²) in [6, 6.07) is 9.07. The van der Waals surface area contributed by atoms with Gasteiger partial charge in [-0.1, -0.05) is 10.3 Å². The number of methoxy groups -OCH3 is 1. The Morgan fingerprint density at radius 2 is 1.96 bits per heavy atom. The molecule has 0 N–H and O–H groups in total. The maximum Gasteiger partial charge on any atom is 0.276 e. The van der Waals surface area contributed by atoms with Crippen molar-refractivity contribution >= 4 is 5.91 Å². The zero-order chi connectivity index (χ0) is 19.0. The lowest BCUT2D eigenvalue weighted by molar-refractivity contribution is 0.0724. The van der Waals surface area contributed by atoms with Crippen molar-refractivity contribution in [1.82, 2.24) is 15.2 Å². The normalized spacial score (nSPS) is 16.7. The molecule has 27 heavy (non-hydrogen) atoms. The van der Waals surface area contributed by atoms with Crippen molar-refractivity contribution in [1.29, 1.82) is 0 Å². The summed E-state index contributed by atoms with van der Waals surface area (Å²) in [4.78, 5) is 14.9. The molecule has 1 aliphatic rings. The van der Waals surface area contributed by atoms with Crippen LogP contribution in [-0.4, -0.2) is 34.8 Å². The van der Waals surface area contributed by atoms with Gasteiger partial charge in [-0.05, 0) is 51.0 Å². The van der Waals surface area contributed by atoms with Crippen LogP contribution in [0.2, 0.25) is 0 Å². The predicted octanol–water partition coefficient (Wildman–Crippen LogP) is 3.93. The standard InChI is InChI=1S/C20H21N3O4/c1-12-19(13(2)26-21-12)17-5-4-10-23(17)20(24)16-11-18(27-22-16)14-6-8-15(25-3)9-7-14/h6-9,11,17H,4-5,10H2,1-3H3/t17-/m1/s1. The molecule has 0 bridgehead atoms. The monoisotopic (exact) mass is 367 g/mol. The summed E-state index contributed by atoms with van der Waals surface area (Å²) >= 11 is 0. The maximum absolute atomic E-state index is 13.1. The molecule has 1 fully saturated rings. The van der Waals surface area contributed by atoms with E-state index in [0.29, 0.717) is 18.0 Å². The van der Waals surface area contributed by atoms with Crippen molar-refractivity contribution < 1.29 is 18.6 Å². The number of hydrogen-bond donors (Lipinski definition) is 0. The van der Waals surface area contributed by atoms with Gasteiger partial charge in [-0.25, -0.2) is 0 Å². The number of carbonyl (C=O) groups excluding carboxylic acids is 1. The van der Waals surface area contributed by atoms with Gasteiger partial charge in [0.25, 0.3) is 5.91 Å². The quantitative estimate of drug-likeness (QED) is 0.695. The maximum atomic E-state index is 13.1. The molecule has 0 spiro atoms. The Hall–Kier alpha value is -3.09. The van der Waals surface area contributed by atoms with Crippen LogP contribution in [0.3, 0.4) is 0 Å². The molecular formula is C20H21N3O4. The molecule has 7 heteroatoms. The van der Waals surface area contributed by atoms with Crippen LogP contribution in [0, 0.1) is 13.8 Å². The summed E-state index contributed by atoms with van der Waals surface area (Å²) in [6.45, 7) is 4.47. The van der Waals surface area contributed by atoms with Crippen LogP contribution in [0.25, 0.3) is 11.3 Å². The third-order valence-electron chi connectivity index (χ3n) is 5.04. The average Bonchev–Trinajstić information content (AvgIpc) is 3.41. The van der Waals surface area contributed by atoms with Gasteiger partial charge in [0.2, 0.25) is 0 Å². The summed E-state index contributed by atoms with van der Waals surface area (Å²) in [7, 11) is 1.62. The number of hydrogen-bond acceptors (Lipinski definition) is 6. The summed E-state index contributed by atoms with van der Waals surface area (Å²) < 4.78 is 15.9. The first-order valence-electron chi connectivity index (χ1n) is 8.93. The van der Waals surface area contributed by atoms with Crippen molar-refractivity contribution in [2.24, 2.45) is 0 Å². The molecule has 3 heterocycles. The number of benzene rings is 1. The second-order valence-electron chi connectivity index (χ2n) is 6.70. The van der Waals surface area contributed by atoms with Gasteiger partial charge in [0.15, 0.2) is 11.5 Å². The molecule has 1 amide bonds. The van der Waals surface area contributed by atoms with Gasteiger partial charge in [-0.3, -0.25) is 4.79 Å². The summed E-state index contributed by atoms with van der Waals surface area (Å²) in [5, 5.41) is 8.03. The number of rotatable bonds is 4. The van der Waals surface area contributed by atoms with Crippen molar-refractivity contribution in [3.05, 3.63) is 53.0 Å². The number of ether oxygens (including phenoxy) is 1. The number of carbonyl (C=O) groups is 1. The topological polar surface area (TPSA) is 81.6 Å². The largest absolute Gasteiger partial charge is 0.497 e. The van der Waals surface area contributed by atoms with E-state index >= 15 is 0 Å². The summed E-state index contributed by atoms with van der Waals surface area (Å²) in [5.74, 6) is 1.93. The van der Waals surface area contributed by atoms with Gasteiger partial charge < -0.3 is 18.7 Å². The molecule has 0 unspecified atom stereocenters. The first-order valence-corrected chi connectivity index (χ1v) is 8.93. The average molecular weight is 367 g/mol. The molecule has 0 radical (unpaired) electrons. The summed E-state index contributed by atoms with van der Waals surface area (Å²) in [6.07, 6.45) is 1.82. The Kier molecular flexibility index (Phi) is 4.43. The predicted molar refractivity (Wildman–Crippen MR) is 97.5 cm³/mol. The molecule has 0 aliphatic carbocycles. The van der Waals surface area contributed by atoms with Gasteiger partial charge >= 0.3 is 0 Å². The van der Waals surface area contributed by atoms with Gasteiger partial charge in [0.05, 0.1) is 18.8 Å². The molecule has 7 nitrogen and oxygen atoms in total. The molecule has 0 saturated carbocycles. The molecule has 3 aromatic rings. The number of amides is 1. The Balaban J connectivity index is 1.58. The van der Waals surface area contributed by atoms with E-state index in [1.165, 1.54) is 0 Å². The fourth-order valence-electron chi connectivity index (χ4n) is 3.69. The molecule has 1 aromatic carbocycles. The van der Waals surface area contributed by atoms with Crippen LogP contribution in [0.5, 0.6) is 5.75 Å². The van der Waals surface area contributed by atoms with Crippen molar-refractivity contribution in [2.75, 3.05) is 13.7 Å². The highest BCUT2D eigenvalue weighted by molar-refractivity contribution is 5.93. The molecule has 1 saturated heterocycles. The van der Waals surface area contributed by atoms with E-state index in [1.54, 1.807) is 13.2 Å². The highest BCUT2D eigenvalue weighted by Gasteiger charge is 2.35. The van der Waals surface area contributed by atoms with Crippen LogP contribution in [0.15, 0.2) is 39.4 Å². The first-order chi connectivity index (χ1) is 13.1. The fraction of sp³-hybridized carbons (Fsp3) is 0.350. The Morgan fingerprint density at radius 3 is 2.63 bits per heavy atom. The van der Waals surface area contributed by atoms with E-state index in [4.69, 9.17) is 13.8 Å². The van der Waals surface area contributed by atoms with E-state index in [0.717, 1.165) is 41.2 Å². The van der Waals surface area contributed by atoms with E-state index in [-0.39, 0.29) is 11.9 Å². The fourth-order valence-corrected chi connectivity index (χ4v) is 3.69. The van der Waals surface area contributed by atoms with Gasteiger partial charge in [-0.15, -0.1) is 0 Å². The van der Waals surface area contributed by atoms with Crippen LogP contribution in [0.4, 0.5) is 0 Å². The minimum absolute atomic E-state index is 0.0371. The highest BCUT2D eigenvalue weighted by atomic mass is 16.5. The molecule has 1 aliphatic heterocycles. The van der Waals surface area contributed by atoms with E-state index < -0.39 is 0 Å². The Labute approximate surface area is 156 Å². The van der Waals surface area contributed by atoms with E-state index in [1.807, 2.05) is 43.0 Å². The van der Waals surface area contributed by atoms with Crippen LogP contribution >= 0.6 is 0 Å². The minimum Gasteiger partial charge on any atom is -0.497 e. The number of nitrogens with zero attached hydrogens (tertiary/aromatic N) is 3. The lowest BCUT2D eigenvalue weighted by atomic mass is 10.0. The lowest BCUT2D eigenvalue weighted by Crippen LogP contribution is -2.31. The highest BCUT2D eigenvalue weighted by Crippen LogP contribution is 2.36. The van der Waals surface area contributed by atoms with Crippen LogP contribution < -0.4 is 4.74 Å². The van der Waals surface area contributed by atoms with Crippen LogP contribution in [0.1, 0.15) is 46.4 Å². The zero-order valence-corrected chi connectivity index (χ0v) is 15.6. The molecule has 1 atom stereocenters. The van der Waals surface area contributed by atoms with Gasteiger partial charge in [-0.2, -0.15) is 0 Å². The molecule has 140 valence electrons. The van der Waals surface area contributed by atoms with Gasteiger partial charge in [0, 0.05) is 23.7 Å². The van der Waals surface area contributed by atoms with Gasteiger partial charge in [0.1, 0.15) is 11.5 Å². The van der Waals surface area contributed by atoms with Crippen molar-refractivity contribution in [2.45, 2.75) is 32.7 Å². The number of aryl methyl sites for hydroxylation is 2. The Morgan fingerprint density at radius 1 is 1.19 bits per heavy atom. The first kappa shape index (κ1) is 17.3. The molecule has 2 aromatic heterocycles. The number of aromatic nitrogens is 2. The third kappa shape index (κ3) is 3.09. The van der Waals surface area contributed by atoms with Crippen LogP contribution in [-0.2, 0) is 0 Å². The second kappa shape index (κ2) is 6.90. The Bertz CT molecular complexity index is 939. The van der Waals surface area contributed by atoms with Crippen molar-refractivity contribution in [3.8, 4) is 17.1 Å². The number of likely N-dealkylation sites (tertiary alicyclic amines) is 1. The third-order valence-corrected chi connectivity index (χ3v) is 5.04. The van der Waals surface area contributed by atoms with E-state index in [2.05, 4.69) is 10.3 Å². The van der Waals surface area contributed by atoms with Crippen molar-refractivity contribution in [3.63, 3.8) is 0 Å². The molecular weight excluding hydrogens is 346 g/mol. The zero-order valence-electron chi connectivity index (χ0n) is 15.6. The summed E-state index contributed by atoms with van der Waals surface area (Å²) in [5.41, 5.74) is 2.97. The smallest absolute Gasteiger partial charge is 0.276 e. The minimum atomic E-state index is -0.138.